The van der Waals surface area contributed by atoms with Crippen LogP contribution in [0.4, 0.5) is 4.39 Å². The van der Waals surface area contributed by atoms with E-state index in [1.165, 1.54) is 13.2 Å². The highest BCUT2D eigenvalue weighted by molar-refractivity contribution is 5.31. The van der Waals surface area contributed by atoms with Crippen molar-refractivity contribution in [1.82, 2.24) is 4.90 Å². The summed E-state index contributed by atoms with van der Waals surface area (Å²) in [6, 6.07) is 5.13. The van der Waals surface area contributed by atoms with Gasteiger partial charge in [0.2, 0.25) is 0 Å². The Bertz CT molecular complexity index is 409. The number of hydrogen-bond donors (Lipinski definition) is 1. The maximum atomic E-state index is 13.6. The molecule has 108 valence electrons. The second kappa shape index (κ2) is 6.87. The van der Waals surface area contributed by atoms with Crippen LogP contribution in [0, 0.1) is 11.7 Å². The van der Waals surface area contributed by atoms with Crippen LogP contribution in [-0.2, 0) is 0 Å². The number of rotatable bonds is 6. The lowest BCUT2D eigenvalue weighted by atomic mass is 10.0. The van der Waals surface area contributed by atoms with Crippen molar-refractivity contribution in [2.24, 2.45) is 11.7 Å². The van der Waals surface area contributed by atoms with Crippen LogP contribution in [0.3, 0.4) is 0 Å². The number of benzene rings is 1. The predicted octanol–water partition coefficient (Wildman–Crippen LogP) is 2.81. The second-order valence-electron chi connectivity index (χ2n) is 5.42. The molecule has 1 aromatic carbocycles. The topological polar surface area (TPSA) is 38.5 Å². The maximum absolute atomic E-state index is 13.6. The Kier molecular flexibility index (Phi) is 5.76. The Labute approximate surface area is 115 Å². The zero-order valence-corrected chi connectivity index (χ0v) is 12.5. The molecule has 0 radical (unpaired) electrons. The molecule has 3 nitrogen and oxygen atoms in total. The van der Waals surface area contributed by atoms with E-state index in [4.69, 9.17) is 10.5 Å². The van der Waals surface area contributed by atoms with Gasteiger partial charge in [0.1, 0.15) is 0 Å². The summed E-state index contributed by atoms with van der Waals surface area (Å²) in [5.41, 5.74) is 6.94. The summed E-state index contributed by atoms with van der Waals surface area (Å²) in [7, 11) is 3.50. The highest BCUT2D eigenvalue weighted by Gasteiger charge is 2.17. The minimum Gasteiger partial charge on any atom is -0.494 e. The van der Waals surface area contributed by atoms with Crippen LogP contribution in [-0.4, -0.2) is 31.6 Å². The fraction of sp³-hybridized carbons (Fsp3) is 0.600. The molecule has 0 aromatic heterocycles. The molecule has 0 aliphatic carbocycles. The molecule has 0 aliphatic heterocycles. The van der Waals surface area contributed by atoms with Crippen molar-refractivity contribution in [2.75, 3.05) is 20.7 Å². The Morgan fingerprint density at radius 2 is 1.95 bits per heavy atom. The number of halogens is 1. The number of nitrogens with zero attached hydrogens (tertiary/aromatic N) is 1. The molecule has 1 rings (SSSR count). The van der Waals surface area contributed by atoms with Crippen molar-refractivity contribution in [3.05, 3.63) is 29.6 Å². The van der Waals surface area contributed by atoms with Gasteiger partial charge in [-0.25, -0.2) is 4.39 Å². The predicted molar refractivity (Wildman–Crippen MR) is 76.8 cm³/mol. The SMILES string of the molecule is COc1ccc(C(N)CN(C)C(C)C(C)C)cc1F. The van der Waals surface area contributed by atoms with E-state index >= 15 is 0 Å². The standard InChI is InChI=1S/C15H25FN2O/c1-10(2)11(3)18(4)9-14(17)12-6-7-15(19-5)13(16)8-12/h6-8,10-11,14H,9,17H2,1-5H3. The highest BCUT2D eigenvalue weighted by Crippen LogP contribution is 2.22. The molecule has 0 spiro atoms. The van der Waals surface area contributed by atoms with E-state index in [0.29, 0.717) is 18.5 Å². The van der Waals surface area contributed by atoms with Gasteiger partial charge in [-0.15, -0.1) is 0 Å². The van der Waals surface area contributed by atoms with Gasteiger partial charge in [-0.2, -0.15) is 0 Å². The van der Waals surface area contributed by atoms with Crippen LogP contribution >= 0.6 is 0 Å². The molecule has 0 fully saturated rings. The number of hydrogen-bond acceptors (Lipinski definition) is 3. The zero-order valence-electron chi connectivity index (χ0n) is 12.5. The molecule has 0 amide bonds. The summed E-state index contributed by atoms with van der Waals surface area (Å²) in [5, 5.41) is 0. The molecule has 0 bridgehead atoms. The van der Waals surface area contributed by atoms with Crippen LogP contribution in [0.5, 0.6) is 5.75 Å². The highest BCUT2D eigenvalue weighted by atomic mass is 19.1. The first-order valence-electron chi connectivity index (χ1n) is 6.66. The van der Waals surface area contributed by atoms with E-state index in [9.17, 15) is 4.39 Å². The van der Waals surface area contributed by atoms with Crippen molar-refractivity contribution in [1.29, 1.82) is 0 Å². The van der Waals surface area contributed by atoms with E-state index in [0.717, 1.165) is 5.56 Å². The molecular weight excluding hydrogens is 243 g/mol. The van der Waals surface area contributed by atoms with Crippen LogP contribution in [0.15, 0.2) is 18.2 Å². The first-order valence-corrected chi connectivity index (χ1v) is 6.66. The van der Waals surface area contributed by atoms with Gasteiger partial charge in [0.05, 0.1) is 7.11 Å². The number of likely N-dealkylation sites (N-methyl/N-ethyl adjacent to an activating group) is 1. The van der Waals surface area contributed by atoms with E-state index in [1.807, 2.05) is 13.1 Å². The van der Waals surface area contributed by atoms with Crippen molar-refractivity contribution < 1.29 is 9.13 Å². The van der Waals surface area contributed by atoms with Gasteiger partial charge < -0.3 is 15.4 Å². The van der Waals surface area contributed by atoms with Crippen molar-refractivity contribution in [3.8, 4) is 5.75 Å². The Morgan fingerprint density at radius 1 is 1.32 bits per heavy atom. The van der Waals surface area contributed by atoms with Crippen LogP contribution in [0.25, 0.3) is 0 Å². The molecule has 2 atom stereocenters. The third kappa shape index (κ3) is 4.18. The molecule has 0 heterocycles. The van der Waals surface area contributed by atoms with Crippen molar-refractivity contribution >= 4 is 0 Å². The van der Waals surface area contributed by atoms with Gasteiger partial charge >= 0.3 is 0 Å². The Balaban J connectivity index is 2.73. The maximum Gasteiger partial charge on any atom is 0.165 e. The molecule has 19 heavy (non-hydrogen) atoms. The first kappa shape index (κ1) is 15.9. The lowest BCUT2D eigenvalue weighted by Gasteiger charge is -2.30. The van der Waals surface area contributed by atoms with E-state index in [-0.39, 0.29) is 17.6 Å². The third-order valence-electron chi connectivity index (χ3n) is 3.75. The quantitative estimate of drug-likeness (QED) is 0.862. The van der Waals surface area contributed by atoms with Crippen molar-refractivity contribution in [2.45, 2.75) is 32.9 Å². The molecule has 0 aliphatic rings. The van der Waals surface area contributed by atoms with Crippen LogP contribution in [0.2, 0.25) is 0 Å². The average Bonchev–Trinajstić information content (AvgIpc) is 2.37. The van der Waals surface area contributed by atoms with Crippen LogP contribution < -0.4 is 10.5 Å². The zero-order chi connectivity index (χ0) is 14.6. The molecule has 2 unspecified atom stereocenters. The minimum atomic E-state index is -0.366. The lowest BCUT2D eigenvalue weighted by Crippen LogP contribution is -2.38. The fourth-order valence-corrected chi connectivity index (χ4v) is 2.00. The first-order chi connectivity index (χ1) is 8.86. The Hall–Kier alpha value is -1.13. The van der Waals surface area contributed by atoms with Gasteiger partial charge in [0, 0.05) is 18.6 Å². The number of methoxy groups -OCH3 is 1. The van der Waals surface area contributed by atoms with Gasteiger partial charge in [0.15, 0.2) is 11.6 Å². The Morgan fingerprint density at radius 3 is 2.42 bits per heavy atom. The number of nitrogens with two attached hydrogens (primary N) is 1. The van der Waals surface area contributed by atoms with Gasteiger partial charge in [0.25, 0.3) is 0 Å². The monoisotopic (exact) mass is 268 g/mol. The molecule has 0 saturated heterocycles. The normalized spacial score (nSPS) is 14.8. The minimum absolute atomic E-state index is 0.202. The van der Waals surface area contributed by atoms with E-state index in [2.05, 4.69) is 25.7 Å². The van der Waals surface area contributed by atoms with Gasteiger partial charge in [-0.05, 0) is 37.6 Å². The molecule has 2 N–H and O–H groups in total. The molecule has 4 heteroatoms. The summed E-state index contributed by atoms with van der Waals surface area (Å²) < 4.78 is 18.5. The molecule has 0 saturated carbocycles. The number of ether oxygens (including phenoxy) is 1. The van der Waals surface area contributed by atoms with E-state index < -0.39 is 0 Å². The van der Waals surface area contributed by atoms with E-state index in [1.54, 1.807) is 6.07 Å². The summed E-state index contributed by atoms with van der Waals surface area (Å²) in [5.74, 6) is 0.444. The lowest BCUT2D eigenvalue weighted by molar-refractivity contribution is 0.197. The fourth-order valence-electron chi connectivity index (χ4n) is 2.00. The third-order valence-corrected chi connectivity index (χ3v) is 3.75. The summed E-state index contributed by atoms with van der Waals surface area (Å²) >= 11 is 0. The largest absolute Gasteiger partial charge is 0.494 e. The van der Waals surface area contributed by atoms with Gasteiger partial charge in [-0.1, -0.05) is 19.9 Å². The van der Waals surface area contributed by atoms with Crippen molar-refractivity contribution in [3.63, 3.8) is 0 Å². The summed E-state index contributed by atoms with van der Waals surface area (Å²) in [4.78, 5) is 2.21. The smallest absolute Gasteiger partial charge is 0.165 e. The average molecular weight is 268 g/mol. The van der Waals surface area contributed by atoms with Crippen LogP contribution in [0.1, 0.15) is 32.4 Å². The van der Waals surface area contributed by atoms with Gasteiger partial charge in [-0.3, -0.25) is 0 Å². The second-order valence-corrected chi connectivity index (χ2v) is 5.42. The summed E-state index contributed by atoms with van der Waals surface area (Å²) in [6.45, 7) is 7.23. The molecule has 1 aromatic rings. The molecular formula is C15H25FN2O. The summed E-state index contributed by atoms with van der Waals surface area (Å²) in [6.07, 6.45) is 0.